The van der Waals surface area contributed by atoms with Gasteiger partial charge in [-0.1, -0.05) is 63.4 Å². The summed E-state index contributed by atoms with van der Waals surface area (Å²) in [6.45, 7) is 8.38. The standard InChI is InChI=1S/C33H36BrClN4O2S/c1-23-2-9-27(10-3-23)42-33(32(40)36-13-15-38-16-18-41-19-17-38)12-14-39(22-24-4-6-25(34)7-5-24)31(33)29-21-37-30-20-26(35)8-11-28(29)30/h2-11,20-21,31,37H,12-19,22H2,1H3,(H,36,40)/t31-,33-/m0/s1. The van der Waals surface area contributed by atoms with Crippen molar-refractivity contribution in [1.82, 2.24) is 20.1 Å². The van der Waals surface area contributed by atoms with E-state index in [2.05, 4.69) is 104 Å². The molecule has 0 aliphatic carbocycles. The molecule has 0 radical (unpaired) electrons. The fourth-order valence-corrected chi connectivity index (χ4v) is 8.04. The van der Waals surface area contributed by atoms with Crippen LogP contribution in [0.25, 0.3) is 10.9 Å². The average molecular weight is 668 g/mol. The normalized spacial score (nSPS) is 21.6. The molecule has 1 amide bonds. The quantitative estimate of drug-likeness (QED) is 0.205. The largest absolute Gasteiger partial charge is 0.379 e. The van der Waals surface area contributed by atoms with Crippen LogP contribution in [0.4, 0.5) is 0 Å². The third-order valence-corrected chi connectivity index (χ3v) is 10.6. The maximum Gasteiger partial charge on any atom is 0.238 e. The van der Waals surface area contributed by atoms with Crippen LogP contribution in [0.15, 0.2) is 82.3 Å². The molecule has 0 bridgehead atoms. The number of carbonyl (C=O) groups excluding carboxylic acids is 1. The lowest BCUT2D eigenvalue weighted by molar-refractivity contribution is -0.124. The van der Waals surface area contributed by atoms with Gasteiger partial charge in [-0.2, -0.15) is 0 Å². The van der Waals surface area contributed by atoms with Crippen LogP contribution in [-0.4, -0.2) is 71.4 Å². The number of likely N-dealkylation sites (tertiary alicyclic amines) is 1. The molecule has 6 nitrogen and oxygen atoms in total. The van der Waals surface area contributed by atoms with Gasteiger partial charge in [-0.15, -0.1) is 11.8 Å². The van der Waals surface area contributed by atoms with E-state index in [0.29, 0.717) is 11.6 Å². The van der Waals surface area contributed by atoms with E-state index in [1.54, 1.807) is 11.8 Å². The number of H-pyrrole nitrogens is 1. The Bertz CT molecular complexity index is 1520. The van der Waals surface area contributed by atoms with E-state index < -0.39 is 4.75 Å². The number of thioether (sulfide) groups is 1. The van der Waals surface area contributed by atoms with Gasteiger partial charge in [0.1, 0.15) is 4.75 Å². The number of carbonyl (C=O) groups is 1. The molecule has 3 heterocycles. The number of hydrogen-bond donors (Lipinski definition) is 2. The zero-order valence-corrected chi connectivity index (χ0v) is 26.9. The second kappa shape index (κ2) is 13.1. The molecule has 0 spiro atoms. The highest BCUT2D eigenvalue weighted by atomic mass is 79.9. The van der Waals surface area contributed by atoms with Gasteiger partial charge >= 0.3 is 0 Å². The summed E-state index contributed by atoms with van der Waals surface area (Å²) in [5, 5.41) is 5.17. The summed E-state index contributed by atoms with van der Waals surface area (Å²) in [5.74, 6) is 0.0907. The monoisotopic (exact) mass is 666 g/mol. The molecule has 2 aliphatic heterocycles. The van der Waals surface area contributed by atoms with Crippen molar-refractivity contribution in [3.63, 3.8) is 0 Å². The molecule has 1 aromatic heterocycles. The summed E-state index contributed by atoms with van der Waals surface area (Å²) in [7, 11) is 0. The number of halogens is 2. The number of fused-ring (bicyclic) bond motifs is 1. The van der Waals surface area contributed by atoms with Crippen LogP contribution in [-0.2, 0) is 16.1 Å². The number of nitrogens with zero attached hydrogens (tertiary/aromatic N) is 2. The highest BCUT2D eigenvalue weighted by Crippen LogP contribution is 2.54. The molecule has 2 N–H and O–H groups in total. The number of amides is 1. The third kappa shape index (κ3) is 6.44. The topological polar surface area (TPSA) is 60.6 Å². The molecular weight excluding hydrogens is 632 g/mol. The van der Waals surface area contributed by atoms with E-state index in [4.69, 9.17) is 16.3 Å². The maximum absolute atomic E-state index is 14.6. The van der Waals surface area contributed by atoms with Crippen LogP contribution < -0.4 is 5.32 Å². The average Bonchev–Trinajstić information content (AvgIpc) is 3.56. The molecule has 4 aromatic rings. The molecule has 220 valence electrons. The summed E-state index contributed by atoms with van der Waals surface area (Å²) < 4.78 is 5.84. The number of morpholine rings is 1. The highest BCUT2D eigenvalue weighted by molar-refractivity contribution is 9.10. The fourth-order valence-electron chi connectivity index (χ4n) is 6.17. The lowest BCUT2D eigenvalue weighted by Gasteiger charge is -2.37. The minimum absolute atomic E-state index is 0.0907. The van der Waals surface area contributed by atoms with Crippen molar-refractivity contribution in [3.05, 3.63) is 99.1 Å². The number of ether oxygens (including phenoxy) is 1. The van der Waals surface area contributed by atoms with Crippen LogP contribution in [0.2, 0.25) is 5.02 Å². The Balaban J connectivity index is 1.39. The second-order valence-electron chi connectivity index (χ2n) is 11.2. The Kier molecular flexibility index (Phi) is 9.29. The van der Waals surface area contributed by atoms with Crippen LogP contribution >= 0.6 is 39.3 Å². The first kappa shape index (κ1) is 29.7. The van der Waals surface area contributed by atoms with E-state index in [-0.39, 0.29) is 11.9 Å². The Hall–Kier alpha value is -2.33. The SMILES string of the molecule is Cc1ccc(S[C@@]2(C(=O)NCCN3CCOCC3)CCN(Cc3ccc(Br)cc3)[C@H]2c2c[nH]c3cc(Cl)ccc23)cc1. The molecule has 9 heteroatoms. The number of hydrogen-bond acceptors (Lipinski definition) is 5. The van der Waals surface area contributed by atoms with Gasteiger partial charge in [0.2, 0.25) is 5.91 Å². The van der Waals surface area contributed by atoms with Gasteiger partial charge in [-0.25, -0.2) is 0 Å². The zero-order chi connectivity index (χ0) is 29.1. The molecule has 2 fully saturated rings. The van der Waals surface area contributed by atoms with Crippen molar-refractivity contribution in [2.45, 2.75) is 35.6 Å². The van der Waals surface area contributed by atoms with E-state index in [0.717, 1.165) is 78.2 Å². The van der Waals surface area contributed by atoms with Crippen molar-refractivity contribution in [3.8, 4) is 0 Å². The van der Waals surface area contributed by atoms with Crippen molar-refractivity contribution >= 4 is 56.1 Å². The number of aromatic amines is 1. The lowest BCUT2D eigenvalue weighted by atomic mass is 9.91. The van der Waals surface area contributed by atoms with Gasteiger partial charge in [0, 0.05) is 70.8 Å². The van der Waals surface area contributed by atoms with Crippen LogP contribution in [0, 0.1) is 6.92 Å². The van der Waals surface area contributed by atoms with Crippen molar-refractivity contribution < 1.29 is 9.53 Å². The van der Waals surface area contributed by atoms with Crippen molar-refractivity contribution in [2.75, 3.05) is 45.9 Å². The minimum Gasteiger partial charge on any atom is -0.379 e. The second-order valence-corrected chi connectivity index (χ2v) is 14.0. The van der Waals surface area contributed by atoms with Gasteiger partial charge in [0.25, 0.3) is 0 Å². The van der Waals surface area contributed by atoms with Gasteiger partial charge < -0.3 is 15.0 Å². The number of aryl methyl sites for hydroxylation is 1. The van der Waals surface area contributed by atoms with Crippen molar-refractivity contribution in [2.24, 2.45) is 0 Å². The summed E-state index contributed by atoms with van der Waals surface area (Å²) in [4.78, 5) is 24.0. The first-order valence-corrected chi connectivity index (χ1v) is 16.5. The van der Waals surface area contributed by atoms with Gasteiger partial charge in [0.15, 0.2) is 0 Å². The van der Waals surface area contributed by atoms with E-state index in [9.17, 15) is 4.79 Å². The summed E-state index contributed by atoms with van der Waals surface area (Å²) >= 11 is 11.6. The number of rotatable bonds is 9. The van der Waals surface area contributed by atoms with Crippen molar-refractivity contribution in [1.29, 1.82) is 0 Å². The molecule has 0 unspecified atom stereocenters. The Morgan fingerprint density at radius 2 is 1.86 bits per heavy atom. The summed E-state index contributed by atoms with van der Waals surface area (Å²) in [6, 6.07) is 22.9. The predicted molar refractivity (Wildman–Crippen MR) is 175 cm³/mol. The van der Waals surface area contributed by atoms with Crippen LogP contribution in [0.3, 0.4) is 0 Å². The molecule has 2 saturated heterocycles. The molecule has 0 saturated carbocycles. The number of aromatic nitrogens is 1. The van der Waals surface area contributed by atoms with E-state index >= 15 is 0 Å². The summed E-state index contributed by atoms with van der Waals surface area (Å²) in [5.41, 5.74) is 4.53. The first-order valence-electron chi connectivity index (χ1n) is 14.5. The predicted octanol–water partition coefficient (Wildman–Crippen LogP) is 6.82. The Morgan fingerprint density at radius 3 is 2.62 bits per heavy atom. The smallest absolute Gasteiger partial charge is 0.238 e. The Morgan fingerprint density at radius 1 is 1.10 bits per heavy atom. The number of nitrogens with one attached hydrogen (secondary N) is 2. The minimum atomic E-state index is -0.732. The van der Waals surface area contributed by atoms with E-state index in [1.165, 1.54) is 11.1 Å². The molecule has 2 aliphatic rings. The third-order valence-electron chi connectivity index (χ3n) is 8.37. The zero-order valence-electron chi connectivity index (χ0n) is 23.7. The molecule has 42 heavy (non-hydrogen) atoms. The fraction of sp³-hybridized carbons (Fsp3) is 0.364. The summed E-state index contributed by atoms with van der Waals surface area (Å²) in [6.07, 6.45) is 2.81. The van der Waals surface area contributed by atoms with E-state index in [1.807, 2.05) is 12.1 Å². The molecular formula is C33H36BrClN4O2S. The van der Waals surface area contributed by atoms with Crippen LogP contribution in [0.5, 0.6) is 0 Å². The number of benzene rings is 3. The first-order chi connectivity index (χ1) is 20.4. The molecule has 3 aromatic carbocycles. The molecule has 6 rings (SSSR count). The lowest BCUT2D eigenvalue weighted by Crippen LogP contribution is -2.50. The van der Waals surface area contributed by atoms with Gasteiger partial charge in [0.05, 0.1) is 19.3 Å². The molecule has 2 atom stereocenters. The maximum atomic E-state index is 14.6. The highest BCUT2D eigenvalue weighted by Gasteiger charge is 2.54. The van der Waals surface area contributed by atoms with Gasteiger partial charge in [-0.3, -0.25) is 14.6 Å². The van der Waals surface area contributed by atoms with Gasteiger partial charge in [-0.05, 0) is 60.9 Å². The Labute approximate surface area is 265 Å². The van der Waals surface area contributed by atoms with Crippen LogP contribution in [0.1, 0.15) is 29.2 Å².